The first-order valence-corrected chi connectivity index (χ1v) is 9.85. The predicted octanol–water partition coefficient (Wildman–Crippen LogP) is 2.73. The molecule has 2 aliphatic heterocycles. The minimum Gasteiger partial charge on any atom is -0.353 e. The van der Waals surface area contributed by atoms with Crippen LogP contribution in [0.1, 0.15) is 56.7 Å². The van der Waals surface area contributed by atoms with Gasteiger partial charge in [-0.25, -0.2) is 0 Å². The number of piperidine rings is 2. The van der Waals surface area contributed by atoms with E-state index in [9.17, 15) is 9.59 Å². The third kappa shape index (κ3) is 3.33. The Hall–Kier alpha value is -1.78. The second-order valence-corrected chi connectivity index (χ2v) is 7.98. The number of rotatable bonds is 3. The van der Waals surface area contributed by atoms with Gasteiger partial charge in [-0.1, -0.05) is 0 Å². The third-order valence-corrected chi connectivity index (χ3v) is 6.12. The van der Waals surface area contributed by atoms with Crippen LogP contribution in [0, 0.1) is 11.8 Å². The number of hydrogen-bond acceptors (Lipinski definition) is 2. The molecule has 0 aromatic carbocycles. The minimum absolute atomic E-state index is 0.0164. The molecule has 136 valence electrons. The molecule has 3 aliphatic rings. The summed E-state index contributed by atoms with van der Waals surface area (Å²) < 4.78 is 2.14. The molecule has 0 unspecified atom stereocenters. The summed E-state index contributed by atoms with van der Waals surface area (Å²) in [5, 5.41) is 0. The topological polar surface area (TPSA) is 45.6 Å². The van der Waals surface area contributed by atoms with Gasteiger partial charge in [-0.2, -0.15) is 0 Å². The maximum absolute atomic E-state index is 13.3. The van der Waals surface area contributed by atoms with Gasteiger partial charge < -0.3 is 14.4 Å². The van der Waals surface area contributed by atoms with Crippen molar-refractivity contribution in [1.82, 2.24) is 14.4 Å². The molecule has 0 bridgehead atoms. The van der Waals surface area contributed by atoms with Gasteiger partial charge in [-0.3, -0.25) is 9.59 Å². The van der Waals surface area contributed by atoms with Gasteiger partial charge in [0.05, 0.1) is 12.0 Å². The van der Waals surface area contributed by atoms with E-state index in [0.29, 0.717) is 6.54 Å². The molecular weight excluding hydrogens is 314 g/mol. The SMILES string of the molecule is Cn1cccc1[C@H]1CCCCN1C(=O)[C@H]1CCCN(C(=O)C2CC2)C1. The van der Waals surface area contributed by atoms with Crippen LogP contribution < -0.4 is 0 Å². The maximum Gasteiger partial charge on any atom is 0.228 e. The molecular formula is C20H29N3O2. The Morgan fingerprint density at radius 2 is 1.80 bits per heavy atom. The monoisotopic (exact) mass is 343 g/mol. The third-order valence-electron chi connectivity index (χ3n) is 6.12. The van der Waals surface area contributed by atoms with Crippen molar-refractivity contribution in [2.75, 3.05) is 19.6 Å². The summed E-state index contributed by atoms with van der Waals surface area (Å²) in [6.07, 6.45) is 9.32. The normalized spacial score (nSPS) is 27.4. The van der Waals surface area contributed by atoms with Crippen LogP contribution in [-0.4, -0.2) is 45.8 Å². The minimum atomic E-state index is -0.0164. The van der Waals surface area contributed by atoms with Gasteiger partial charge in [0.2, 0.25) is 11.8 Å². The molecule has 1 aliphatic carbocycles. The van der Waals surface area contributed by atoms with Gasteiger partial charge in [-0.15, -0.1) is 0 Å². The van der Waals surface area contributed by atoms with Crippen LogP contribution in [0.3, 0.4) is 0 Å². The lowest BCUT2D eigenvalue weighted by Gasteiger charge is -2.40. The van der Waals surface area contributed by atoms with Crippen LogP contribution in [-0.2, 0) is 16.6 Å². The summed E-state index contributed by atoms with van der Waals surface area (Å²) in [7, 11) is 2.06. The van der Waals surface area contributed by atoms with Crippen molar-refractivity contribution >= 4 is 11.8 Å². The largest absolute Gasteiger partial charge is 0.353 e. The van der Waals surface area contributed by atoms with Gasteiger partial charge in [0.1, 0.15) is 0 Å². The van der Waals surface area contributed by atoms with Crippen molar-refractivity contribution in [2.24, 2.45) is 18.9 Å². The molecule has 2 atom stereocenters. The quantitative estimate of drug-likeness (QED) is 0.847. The smallest absolute Gasteiger partial charge is 0.228 e. The van der Waals surface area contributed by atoms with Gasteiger partial charge in [0, 0.05) is 44.5 Å². The highest BCUT2D eigenvalue weighted by molar-refractivity contribution is 5.83. The number of aromatic nitrogens is 1. The lowest BCUT2D eigenvalue weighted by Crippen LogP contribution is -2.49. The Morgan fingerprint density at radius 3 is 2.52 bits per heavy atom. The number of carbonyl (C=O) groups is 2. The van der Waals surface area contributed by atoms with Gasteiger partial charge >= 0.3 is 0 Å². The van der Waals surface area contributed by atoms with Gasteiger partial charge in [0.25, 0.3) is 0 Å². The van der Waals surface area contributed by atoms with E-state index in [-0.39, 0.29) is 29.7 Å². The average molecular weight is 343 g/mol. The van der Waals surface area contributed by atoms with Gasteiger partial charge in [0.15, 0.2) is 0 Å². The first kappa shape index (κ1) is 16.7. The van der Waals surface area contributed by atoms with E-state index in [4.69, 9.17) is 0 Å². The maximum atomic E-state index is 13.3. The summed E-state index contributed by atoms with van der Waals surface area (Å²) in [5.74, 6) is 0.784. The summed E-state index contributed by atoms with van der Waals surface area (Å²) in [6, 6.07) is 4.39. The van der Waals surface area contributed by atoms with E-state index < -0.39 is 0 Å². The van der Waals surface area contributed by atoms with E-state index in [0.717, 1.165) is 51.6 Å². The molecule has 5 nitrogen and oxygen atoms in total. The lowest BCUT2D eigenvalue weighted by molar-refractivity contribution is -0.144. The number of likely N-dealkylation sites (tertiary alicyclic amines) is 2. The molecule has 2 amide bonds. The van der Waals surface area contributed by atoms with Crippen molar-refractivity contribution < 1.29 is 9.59 Å². The average Bonchev–Trinajstić information content (AvgIpc) is 3.42. The molecule has 4 rings (SSSR count). The highest BCUT2D eigenvalue weighted by Gasteiger charge is 2.39. The zero-order valence-corrected chi connectivity index (χ0v) is 15.2. The zero-order valence-electron chi connectivity index (χ0n) is 15.2. The van der Waals surface area contributed by atoms with E-state index in [2.05, 4.69) is 34.8 Å². The van der Waals surface area contributed by atoms with Crippen LogP contribution in [0.25, 0.3) is 0 Å². The van der Waals surface area contributed by atoms with Crippen molar-refractivity contribution in [3.63, 3.8) is 0 Å². The van der Waals surface area contributed by atoms with Crippen LogP contribution >= 0.6 is 0 Å². The fourth-order valence-corrected chi connectivity index (χ4v) is 4.53. The molecule has 3 heterocycles. The molecule has 1 aromatic heterocycles. The fraction of sp³-hybridized carbons (Fsp3) is 0.700. The van der Waals surface area contributed by atoms with E-state index >= 15 is 0 Å². The first-order valence-electron chi connectivity index (χ1n) is 9.85. The predicted molar refractivity (Wildman–Crippen MR) is 95.7 cm³/mol. The number of hydrogen-bond donors (Lipinski definition) is 0. The molecule has 0 N–H and O–H groups in total. The van der Waals surface area contributed by atoms with Crippen molar-refractivity contribution in [2.45, 2.75) is 51.0 Å². The first-order chi connectivity index (χ1) is 12.1. The summed E-state index contributed by atoms with van der Waals surface area (Å²) in [4.78, 5) is 29.8. The molecule has 3 fully saturated rings. The second kappa shape index (κ2) is 6.85. The summed E-state index contributed by atoms with van der Waals surface area (Å²) in [5.41, 5.74) is 1.23. The summed E-state index contributed by atoms with van der Waals surface area (Å²) >= 11 is 0. The Balaban J connectivity index is 1.48. The van der Waals surface area contributed by atoms with Crippen molar-refractivity contribution in [3.8, 4) is 0 Å². The number of aryl methyl sites for hydroxylation is 1. The van der Waals surface area contributed by atoms with Crippen molar-refractivity contribution in [1.29, 1.82) is 0 Å². The Bertz CT molecular complexity index is 649. The van der Waals surface area contributed by atoms with Crippen molar-refractivity contribution in [3.05, 3.63) is 24.0 Å². The molecule has 1 aromatic rings. The van der Waals surface area contributed by atoms with E-state index in [1.54, 1.807) is 0 Å². The van der Waals surface area contributed by atoms with Gasteiger partial charge in [-0.05, 0) is 57.1 Å². The Kier molecular flexibility index (Phi) is 4.57. The summed E-state index contributed by atoms with van der Waals surface area (Å²) in [6.45, 7) is 2.31. The Morgan fingerprint density at radius 1 is 0.960 bits per heavy atom. The standard InChI is InChI=1S/C20H29N3O2/c1-21-11-5-8-17(21)18-7-2-3-13-23(18)20(25)16-6-4-12-22(14-16)19(24)15-9-10-15/h5,8,11,15-16,18H,2-4,6-7,9-10,12-14H2,1H3/t16-,18+/m0/s1. The van der Waals surface area contributed by atoms with Crippen LogP contribution in [0.5, 0.6) is 0 Å². The molecule has 1 saturated carbocycles. The Labute approximate surface area is 150 Å². The molecule has 2 saturated heterocycles. The fourth-order valence-electron chi connectivity index (χ4n) is 4.53. The number of carbonyl (C=O) groups excluding carboxylic acids is 2. The van der Waals surface area contributed by atoms with Crippen LogP contribution in [0.4, 0.5) is 0 Å². The highest BCUT2D eigenvalue weighted by Crippen LogP contribution is 2.35. The van der Waals surface area contributed by atoms with E-state index in [1.165, 1.54) is 12.1 Å². The zero-order chi connectivity index (χ0) is 17.4. The van der Waals surface area contributed by atoms with Crippen LogP contribution in [0.15, 0.2) is 18.3 Å². The number of amides is 2. The lowest BCUT2D eigenvalue weighted by atomic mass is 9.92. The second-order valence-electron chi connectivity index (χ2n) is 7.98. The molecule has 0 spiro atoms. The molecule has 25 heavy (non-hydrogen) atoms. The van der Waals surface area contributed by atoms with E-state index in [1.807, 2.05) is 4.90 Å². The molecule has 5 heteroatoms. The van der Waals surface area contributed by atoms with Crippen LogP contribution in [0.2, 0.25) is 0 Å². The number of nitrogens with zero attached hydrogens (tertiary/aromatic N) is 3. The molecule has 0 radical (unpaired) electrons. The highest BCUT2D eigenvalue weighted by atomic mass is 16.2.